The van der Waals surface area contributed by atoms with Crippen molar-refractivity contribution in [3.63, 3.8) is 0 Å². The van der Waals surface area contributed by atoms with Crippen LogP contribution in [-0.2, 0) is 4.79 Å². The molecule has 1 heterocycles. The van der Waals surface area contributed by atoms with Gasteiger partial charge in [-0.25, -0.2) is 0 Å². The van der Waals surface area contributed by atoms with Crippen LogP contribution in [0.5, 0.6) is 0 Å². The first-order valence-corrected chi connectivity index (χ1v) is 6.05. The Morgan fingerprint density at radius 1 is 1.50 bits per heavy atom. The molecule has 6 heteroatoms. The second-order valence-electron chi connectivity index (χ2n) is 5.06. The Bertz CT molecular complexity index is 367. The molecule has 0 aromatic heterocycles. The largest absolute Gasteiger partial charge is 0.419 e. The summed E-state index contributed by atoms with van der Waals surface area (Å²) in [6.07, 6.45) is 0.855. The fraction of sp³-hybridized carbons (Fsp3) is 0.750. The van der Waals surface area contributed by atoms with Gasteiger partial charge in [0, 0.05) is 19.4 Å². The second-order valence-corrected chi connectivity index (χ2v) is 5.06. The highest BCUT2D eigenvalue weighted by Crippen LogP contribution is 2.38. The smallest absolute Gasteiger partial charge is 0.379 e. The number of alkyl halides is 3. The highest BCUT2D eigenvalue weighted by atomic mass is 19.4. The Morgan fingerprint density at radius 2 is 2.22 bits per heavy atom. The molecule has 0 aromatic rings. The van der Waals surface area contributed by atoms with Crippen molar-refractivity contribution in [1.82, 2.24) is 4.90 Å². The molecule has 2 rings (SSSR count). The van der Waals surface area contributed by atoms with E-state index in [0.717, 1.165) is 17.7 Å². The maximum absolute atomic E-state index is 12.6. The molecule has 0 bridgehead atoms. The minimum atomic E-state index is -4.67. The van der Waals surface area contributed by atoms with Crippen LogP contribution >= 0.6 is 0 Å². The highest BCUT2D eigenvalue weighted by Gasteiger charge is 2.57. The number of aliphatic hydroxyl groups is 1. The van der Waals surface area contributed by atoms with Crippen LogP contribution in [0, 0.1) is 5.92 Å². The van der Waals surface area contributed by atoms with Crippen molar-refractivity contribution in [3.8, 4) is 0 Å². The van der Waals surface area contributed by atoms with Gasteiger partial charge < -0.3 is 10.0 Å². The molecule has 18 heavy (non-hydrogen) atoms. The Balaban J connectivity index is 1.92. The predicted molar refractivity (Wildman–Crippen MR) is 58.7 cm³/mol. The van der Waals surface area contributed by atoms with Crippen molar-refractivity contribution in [2.24, 2.45) is 5.92 Å². The molecule has 1 aliphatic heterocycles. The Labute approximate surface area is 103 Å². The number of rotatable bonds is 2. The number of nitrogens with zero attached hydrogens (tertiary/aromatic N) is 1. The zero-order chi connectivity index (χ0) is 13.4. The molecule has 1 aliphatic carbocycles. The van der Waals surface area contributed by atoms with E-state index >= 15 is 0 Å². The number of carbonyl (C=O) groups is 1. The summed E-state index contributed by atoms with van der Waals surface area (Å²) in [6.45, 7) is -0.656. The van der Waals surface area contributed by atoms with E-state index in [0.29, 0.717) is 0 Å². The van der Waals surface area contributed by atoms with Crippen LogP contribution in [0.15, 0.2) is 12.2 Å². The molecule has 1 saturated heterocycles. The maximum Gasteiger partial charge on any atom is 0.419 e. The van der Waals surface area contributed by atoms with Crippen LogP contribution in [0.3, 0.4) is 0 Å². The average Bonchev–Trinajstić information content (AvgIpc) is 2.86. The first-order chi connectivity index (χ1) is 8.32. The average molecular weight is 263 g/mol. The van der Waals surface area contributed by atoms with Crippen molar-refractivity contribution in [2.75, 3.05) is 13.1 Å². The highest BCUT2D eigenvalue weighted by molar-refractivity contribution is 5.77. The van der Waals surface area contributed by atoms with E-state index in [9.17, 15) is 23.1 Å². The molecule has 0 aromatic carbocycles. The first kappa shape index (κ1) is 13.4. The van der Waals surface area contributed by atoms with Crippen LogP contribution in [0.1, 0.15) is 25.7 Å². The SMILES string of the molecule is O=C(C[C@H]1C=CCC1)N1CC[C@](O)(C(F)(F)F)C1. The van der Waals surface area contributed by atoms with E-state index in [-0.39, 0.29) is 24.8 Å². The number of β-amino-alcohol motifs (C(OH)–C–C–N with tert-alkyl or cyclic N) is 1. The molecule has 102 valence electrons. The van der Waals surface area contributed by atoms with Crippen LogP contribution in [-0.4, -0.2) is 40.8 Å². The van der Waals surface area contributed by atoms with Crippen LogP contribution in [0.25, 0.3) is 0 Å². The fourth-order valence-corrected chi connectivity index (χ4v) is 2.46. The van der Waals surface area contributed by atoms with Gasteiger partial charge in [-0.3, -0.25) is 4.79 Å². The summed E-state index contributed by atoms with van der Waals surface area (Å²) in [7, 11) is 0. The quantitative estimate of drug-likeness (QED) is 0.773. The number of amides is 1. The summed E-state index contributed by atoms with van der Waals surface area (Å²) in [4.78, 5) is 13.0. The molecule has 3 nitrogen and oxygen atoms in total. The third kappa shape index (κ3) is 2.53. The number of carbonyl (C=O) groups excluding carboxylic acids is 1. The number of hydrogen-bond acceptors (Lipinski definition) is 2. The molecule has 1 amide bonds. The Kier molecular flexibility index (Phi) is 3.40. The Hall–Kier alpha value is -1.04. The van der Waals surface area contributed by atoms with Gasteiger partial charge in [-0.2, -0.15) is 13.2 Å². The molecule has 0 unspecified atom stereocenters. The van der Waals surface area contributed by atoms with Gasteiger partial charge in [-0.05, 0) is 18.8 Å². The second kappa shape index (κ2) is 4.57. The molecular weight excluding hydrogens is 247 g/mol. The lowest BCUT2D eigenvalue weighted by Crippen LogP contribution is -2.48. The summed E-state index contributed by atoms with van der Waals surface area (Å²) >= 11 is 0. The summed E-state index contributed by atoms with van der Waals surface area (Å²) < 4.78 is 37.8. The van der Waals surface area contributed by atoms with Crippen LogP contribution in [0.2, 0.25) is 0 Å². The first-order valence-electron chi connectivity index (χ1n) is 6.05. The van der Waals surface area contributed by atoms with Crippen molar-refractivity contribution >= 4 is 5.91 Å². The maximum atomic E-state index is 12.6. The summed E-state index contributed by atoms with van der Waals surface area (Å²) in [5.74, 6) is -0.163. The summed E-state index contributed by atoms with van der Waals surface area (Å²) in [5, 5.41) is 9.48. The van der Waals surface area contributed by atoms with E-state index in [4.69, 9.17) is 0 Å². The Morgan fingerprint density at radius 3 is 2.72 bits per heavy atom. The molecular formula is C12H16F3NO2. The van der Waals surface area contributed by atoms with Crippen LogP contribution < -0.4 is 0 Å². The van der Waals surface area contributed by atoms with Gasteiger partial charge in [0.1, 0.15) is 0 Å². The van der Waals surface area contributed by atoms with E-state index in [1.54, 1.807) is 0 Å². The molecule has 2 aliphatic rings. The lowest BCUT2D eigenvalue weighted by molar-refractivity contribution is -0.253. The fourth-order valence-electron chi connectivity index (χ4n) is 2.46. The van der Waals surface area contributed by atoms with Gasteiger partial charge in [0.05, 0.1) is 6.54 Å². The topological polar surface area (TPSA) is 40.5 Å². The summed E-state index contributed by atoms with van der Waals surface area (Å²) in [6, 6.07) is 0. The zero-order valence-electron chi connectivity index (χ0n) is 9.91. The number of hydrogen-bond donors (Lipinski definition) is 1. The molecule has 1 fully saturated rings. The van der Waals surface area contributed by atoms with Gasteiger partial charge >= 0.3 is 6.18 Å². The van der Waals surface area contributed by atoms with E-state index < -0.39 is 24.7 Å². The minimum Gasteiger partial charge on any atom is -0.379 e. The summed E-state index contributed by atoms with van der Waals surface area (Å²) in [5.41, 5.74) is -2.73. The number of halogens is 3. The van der Waals surface area contributed by atoms with Crippen molar-refractivity contribution in [2.45, 2.75) is 37.5 Å². The lowest BCUT2D eigenvalue weighted by atomic mass is 10.0. The molecule has 0 spiro atoms. The van der Waals surface area contributed by atoms with Crippen molar-refractivity contribution in [1.29, 1.82) is 0 Å². The van der Waals surface area contributed by atoms with Gasteiger partial charge in [-0.15, -0.1) is 0 Å². The zero-order valence-corrected chi connectivity index (χ0v) is 9.91. The number of allylic oxidation sites excluding steroid dienone is 2. The predicted octanol–water partition coefficient (Wildman–Crippen LogP) is 1.87. The van der Waals surface area contributed by atoms with Gasteiger partial charge in [0.2, 0.25) is 5.91 Å². The van der Waals surface area contributed by atoms with E-state index in [1.165, 1.54) is 0 Å². The molecule has 0 saturated carbocycles. The minimum absolute atomic E-state index is 0.0225. The van der Waals surface area contributed by atoms with Gasteiger partial charge in [0.25, 0.3) is 0 Å². The monoisotopic (exact) mass is 263 g/mol. The molecule has 0 radical (unpaired) electrons. The molecule has 1 N–H and O–H groups in total. The third-order valence-corrected chi connectivity index (χ3v) is 3.68. The normalized spacial score (nSPS) is 32.2. The van der Waals surface area contributed by atoms with Crippen LogP contribution in [0.4, 0.5) is 13.2 Å². The van der Waals surface area contributed by atoms with E-state index in [1.807, 2.05) is 12.2 Å². The standard InChI is InChI=1S/C12H16F3NO2/c13-12(14,15)11(18)5-6-16(8-11)10(17)7-9-3-1-2-4-9/h1,3,9,18H,2,4-8H2/t9-,11+/m0/s1. The lowest BCUT2D eigenvalue weighted by Gasteiger charge is -2.26. The van der Waals surface area contributed by atoms with Gasteiger partial charge in [0.15, 0.2) is 5.60 Å². The molecule has 2 atom stereocenters. The van der Waals surface area contributed by atoms with Crippen molar-refractivity contribution < 1.29 is 23.1 Å². The number of likely N-dealkylation sites (tertiary alicyclic amines) is 1. The third-order valence-electron chi connectivity index (χ3n) is 3.68. The van der Waals surface area contributed by atoms with Gasteiger partial charge in [-0.1, -0.05) is 12.2 Å². The van der Waals surface area contributed by atoms with E-state index in [2.05, 4.69) is 0 Å². The van der Waals surface area contributed by atoms with Crippen molar-refractivity contribution in [3.05, 3.63) is 12.2 Å².